The summed E-state index contributed by atoms with van der Waals surface area (Å²) >= 11 is 2.73. The first-order chi connectivity index (χ1) is 6.32. The predicted octanol–water partition coefficient (Wildman–Crippen LogP) is 2.77. The van der Waals surface area contributed by atoms with E-state index in [0.717, 1.165) is 6.07 Å². The molecule has 0 saturated heterocycles. The smallest absolute Gasteiger partial charge is 0.358 e. The van der Waals surface area contributed by atoms with Gasteiger partial charge in [-0.15, -0.1) is 0 Å². The Hall–Kier alpha value is -1.18. The highest BCUT2D eigenvalue weighted by Gasteiger charge is 2.38. The van der Waals surface area contributed by atoms with E-state index in [1.807, 2.05) is 0 Å². The van der Waals surface area contributed by atoms with Crippen LogP contribution in [0.2, 0.25) is 0 Å². The Morgan fingerprint density at radius 3 is 2.43 bits per heavy atom. The average molecular weight is 271 g/mol. The number of nitro groups is 1. The van der Waals surface area contributed by atoms with Crippen molar-refractivity contribution in [3.63, 3.8) is 0 Å². The topological polar surface area (TPSA) is 56.0 Å². The second-order valence-corrected chi connectivity index (χ2v) is 3.11. The zero-order valence-electron chi connectivity index (χ0n) is 6.38. The highest BCUT2D eigenvalue weighted by atomic mass is 79.9. The molecule has 0 fully saturated rings. The van der Waals surface area contributed by atoms with Crippen LogP contribution in [0.4, 0.5) is 19.0 Å². The van der Waals surface area contributed by atoms with Gasteiger partial charge in [0.05, 0.1) is 0 Å². The second kappa shape index (κ2) is 3.52. The molecule has 0 atom stereocenters. The van der Waals surface area contributed by atoms with Gasteiger partial charge in [0.1, 0.15) is 4.47 Å². The molecule has 0 radical (unpaired) electrons. The fourth-order valence-electron chi connectivity index (χ4n) is 0.717. The van der Waals surface area contributed by atoms with Gasteiger partial charge in [0.2, 0.25) is 0 Å². The molecule has 76 valence electrons. The van der Waals surface area contributed by atoms with Crippen molar-refractivity contribution >= 4 is 21.7 Å². The molecule has 14 heavy (non-hydrogen) atoms. The molecule has 8 heteroatoms. The van der Waals surface area contributed by atoms with E-state index in [9.17, 15) is 23.3 Å². The fraction of sp³-hybridized carbons (Fsp3) is 0.167. The molecule has 0 aliphatic rings. The molecule has 0 aliphatic carbocycles. The SMILES string of the molecule is O=[N+]([O-])c1nc(C(F)(F)F)ccc1Br. The molecular weight excluding hydrogens is 269 g/mol. The minimum absolute atomic E-state index is 0.0875. The Kier molecular flexibility index (Phi) is 2.74. The summed E-state index contributed by atoms with van der Waals surface area (Å²) in [6.07, 6.45) is -4.68. The highest BCUT2D eigenvalue weighted by Crippen LogP contribution is 2.31. The summed E-state index contributed by atoms with van der Waals surface area (Å²) in [7, 11) is 0. The predicted molar refractivity (Wildman–Crippen MR) is 43.6 cm³/mol. The molecule has 0 amide bonds. The summed E-state index contributed by atoms with van der Waals surface area (Å²) in [6, 6.07) is 1.60. The third kappa shape index (κ3) is 2.19. The van der Waals surface area contributed by atoms with Gasteiger partial charge in [-0.2, -0.15) is 13.2 Å². The van der Waals surface area contributed by atoms with Crippen LogP contribution in [0, 0.1) is 10.1 Å². The first-order valence-electron chi connectivity index (χ1n) is 3.20. The van der Waals surface area contributed by atoms with Gasteiger partial charge in [0.15, 0.2) is 0 Å². The Labute approximate surface area is 84.0 Å². The number of aromatic nitrogens is 1. The van der Waals surface area contributed by atoms with Gasteiger partial charge in [-0.3, -0.25) is 0 Å². The number of halogens is 4. The van der Waals surface area contributed by atoms with E-state index in [1.54, 1.807) is 0 Å². The molecule has 1 rings (SSSR count). The van der Waals surface area contributed by atoms with Gasteiger partial charge in [0, 0.05) is 0 Å². The summed E-state index contributed by atoms with van der Waals surface area (Å²) < 4.78 is 36.1. The quantitative estimate of drug-likeness (QED) is 0.582. The van der Waals surface area contributed by atoms with Crippen LogP contribution in [0.5, 0.6) is 0 Å². The monoisotopic (exact) mass is 270 g/mol. The highest BCUT2D eigenvalue weighted by molar-refractivity contribution is 9.10. The minimum Gasteiger partial charge on any atom is -0.358 e. The first-order valence-corrected chi connectivity index (χ1v) is 4.00. The maximum atomic E-state index is 12.1. The van der Waals surface area contributed by atoms with E-state index in [0.29, 0.717) is 6.07 Å². The van der Waals surface area contributed by atoms with Gasteiger partial charge >= 0.3 is 12.0 Å². The van der Waals surface area contributed by atoms with Crippen molar-refractivity contribution in [3.05, 3.63) is 32.4 Å². The van der Waals surface area contributed by atoms with Crippen molar-refractivity contribution in [3.8, 4) is 0 Å². The number of pyridine rings is 1. The zero-order valence-corrected chi connectivity index (χ0v) is 7.96. The van der Waals surface area contributed by atoms with E-state index in [4.69, 9.17) is 0 Å². The summed E-state index contributed by atoms with van der Waals surface area (Å²) in [5.74, 6) is -0.847. The van der Waals surface area contributed by atoms with Crippen molar-refractivity contribution in [2.24, 2.45) is 0 Å². The van der Waals surface area contributed by atoms with Crippen molar-refractivity contribution in [2.75, 3.05) is 0 Å². The Bertz CT molecular complexity index is 380. The van der Waals surface area contributed by atoms with Crippen LogP contribution in [0.1, 0.15) is 5.69 Å². The Balaban J connectivity index is 3.27. The normalized spacial score (nSPS) is 11.4. The van der Waals surface area contributed by atoms with Crippen LogP contribution in [0.15, 0.2) is 16.6 Å². The molecule has 0 spiro atoms. The van der Waals surface area contributed by atoms with Crippen molar-refractivity contribution in [1.29, 1.82) is 0 Å². The van der Waals surface area contributed by atoms with Gasteiger partial charge in [0.25, 0.3) is 5.69 Å². The van der Waals surface area contributed by atoms with Gasteiger partial charge in [-0.1, -0.05) is 0 Å². The van der Waals surface area contributed by atoms with E-state index in [2.05, 4.69) is 20.9 Å². The lowest BCUT2D eigenvalue weighted by molar-refractivity contribution is -0.390. The number of hydrogen-bond donors (Lipinski definition) is 0. The molecule has 0 aliphatic heterocycles. The first kappa shape index (κ1) is 10.9. The van der Waals surface area contributed by atoms with E-state index < -0.39 is 22.6 Å². The summed E-state index contributed by atoms with van der Waals surface area (Å²) in [5, 5.41) is 10.2. The Morgan fingerprint density at radius 1 is 1.43 bits per heavy atom. The van der Waals surface area contributed by atoms with Crippen LogP contribution in [-0.4, -0.2) is 9.91 Å². The van der Waals surface area contributed by atoms with Crippen LogP contribution < -0.4 is 0 Å². The lowest BCUT2D eigenvalue weighted by atomic mass is 10.3. The van der Waals surface area contributed by atoms with Gasteiger partial charge < -0.3 is 10.1 Å². The van der Waals surface area contributed by atoms with Crippen LogP contribution >= 0.6 is 15.9 Å². The van der Waals surface area contributed by atoms with Crippen LogP contribution in [0.3, 0.4) is 0 Å². The number of nitrogens with zero attached hydrogens (tertiary/aromatic N) is 2. The third-order valence-electron chi connectivity index (χ3n) is 1.29. The lowest BCUT2D eigenvalue weighted by Gasteiger charge is -2.01. The second-order valence-electron chi connectivity index (χ2n) is 2.26. The largest absolute Gasteiger partial charge is 0.457 e. The molecule has 0 aromatic carbocycles. The third-order valence-corrected chi connectivity index (χ3v) is 1.91. The maximum absolute atomic E-state index is 12.1. The van der Waals surface area contributed by atoms with Crippen LogP contribution in [0.25, 0.3) is 0 Å². The molecule has 1 aromatic rings. The Morgan fingerprint density at radius 2 is 2.00 bits per heavy atom. The summed E-state index contributed by atoms with van der Waals surface area (Å²) in [5.41, 5.74) is -1.28. The zero-order chi connectivity index (χ0) is 10.9. The molecule has 4 nitrogen and oxygen atoms in total. The average Bonchev–Trinajstić information content (AvgIpc) is 2.02. The molecular formula is C6H2BrF3N2O2. The van der Waals surface area contributed by atoms with Crippen LogP contribution in [-0.2, 0) is 6.18 Å². The number of hydrogen-bond acceptors (Lipinski definition) is 3. The molecule has 0 bridgehead atoms. The minimum atomic E-state index is -4.68. The molecule has 1 heterocycles. The van der Waals surface area contributed by atoms with Crippen molar-refractivity contribution in [1.82, 2.24) is 4.98 Å². The summed E-state index contributed by atoms with van der Waals surface area (Å²) in [6.45, 7) is 0. The summed E-state index contributed by atoms with van der Waals surface area (Å²) in [4.78, 5) is 12.1. The van der Waals surface area contributed by atoms with E-state index >= 15 is 0 Å². The van der Waals surface area contributed by atoms with Gasteiger partial charge in [-0.25, -0.2) is 0 Å². The van der Waals surface area contributed by atoms with Crippen molar-refractivity contribution < 1.29 is 18.1 Å². The molecule has 0 unspecified atom stereocenters. The standard InChI is InChI=1S/C6H2BrF3N2O2/c7-3-1-2-4(6(8,9)10)11-5(3)12(13)14/h1-2H. The van der Waals surface area contributed by atoms with Gasteiger partial charge in [-0.05, 0) is 38.0 Å². The van der Waals surface area contributed by atoms with E-state index in [-0.39, 0.29) is 4.47 Å². The number of rotatable bonds is 1. The van der Waals surface area contributed by atoms with E-state index in [1.165, 1.54) is 0 Å². The molecule has 0 saturated carbocycles. The fourth-order valence-corrected chi connectivity index (χ4v) is 1.08. The molecule has 0 N–H and O–H groups in total. The lowest BCUT2D eigenvalue weighted by Crippen LogP contribution is -2.09. The number of alkyl halides is 3. The maximum Gasteiger partial charge on any atom is 0.457 e. The van der Waals surface area contributed by atoms with Crippen molar-refractivity contribution in [2.45, 2.75) is 6.18 Å². The molecule has 1 aromatic heterocycles.